The number of benzene rings is 1. The Labute approximate surface area is 136 Å². The van der Waals surface area contributed by atoms with Crippen LogP contribution in [0.1, 0.15) is 30.1 Å². The minimum absolute atomic E-state index is 0.0257. The number of hydrogen-bond acceptors (Lipinski definition) is 5. The number of methoxy groups -OCH3 is 1. The van der Waals surface area contributed by atoms with Gasteiger partial charge >= 0.3 is 0 Å². The number of carbonyl (C=O) groups is 1. The summed E-state index contributed by atoms with van der Waals surface area (Å²) in [4.78, 5) is 14.9. The molecule has 2 aliphatic heterocycles. The Morgan fingerprint density at radius 3 is 2.91 bits per heavy atom. The standard InChI is InChI=1S/C17H24N2O4/c1-11-4-3-5-19(13(11)10-18)17(20)12-8-14(21-2)16-15(9-12)22-6-7-23-16/h8-9,11,13H,3-7,10,18H2,1-2H3/t11-,13+/m1/s1. The number of fused-ring (bicyclic) bond motifs is 1. The van der Waals surface area contributed by atoms with Gasteiger partial charge in [-0.15, -0.1) is 0 Å². The molecule has 0 saturated carbocycles. The van der Waals surface area contributed by atoms with Crippen molar-refractivity contribution < 1.29 is 19.0 Å². The summed E-state index contributed by atoms with van der Waals surface area (Å²) < 4.78 is 16.6. The van der Waals surface area contributed by atoms with E-state index in [1.807, 2.05) is 4.90 Å². The number of hydrogen-bond donors (Lipinski definition) is 1. The lowest BCUT2D eigenvalue weighted by molar-refractivity contribution is 0.0531. The number of piperidine rings is 1. The summed E-state index contributed by atoms with van der Waals surface area (Å²) in [6, 6.07) is 3.55. The Bertz CT molecular complexity index is 573. The molecular formula is C17H24N2O4. The van der Waals surface area contributed by atoms with E-state index in [-0.39, 0.29) is 11.9 Å². The fourth-order valence-corrected chi connectivity index (χ4v) is 3.42. The Morgan fingerprint density at radius 1 is 1.39 bits per heavy atom. The van der Waals surface area contributed by atoms with Gasteiger partial charge in [-0.05, 0) is 30.9 Å². The SMILES string of the molecule is COc1cc(C(=O)N2CCC[C@@H](C)[C@@H]2CN)cc2c1OCCO2. The van der Waals surface area contributed by atoms with Crippen molar-refractivity contribution in [3.8, 4) is 17.2 Å². The monoisotopic (exact) mass is 320 g/mol. The van der Waals surface area contributed by atoms with E-state index in [0.29, 0.717) is 48.5 Å². The molecule has 1 saturated heterocycles. The van der Waals surface area contributed by atoms with Crippen LogP contribution in [0.2, 0.25) is 0 Å². The van der Waals surface area contributed by atoms with Crippen molar-refractivity contribution in [3.63, 3.8) is 0 Å². The van der Waals surface area contributed by atoms with Crippen molar-refractivity contribution in [2.75, 3.05) is 33.4 Å². The Hall–Kier alpha value is -1.95. The summed E-state index contributed by atoms with van der Waals surface area (Å²) in [6.45, 7) is 4.33. The molecule has 1 aromatic carbocycles. The zero-order chi connectivity index (χ0) is 16.4. The van der Waals surface area contributed by atoms with Crippen molar-refractivity contribution in [2.24, 2.45) is 11.7 Å². The van der Waals surface area contributed by atoms with Crippen LogP contribution in [0, 0.1) is 5.92 Å². The maximum absolute atomic E-state index is 13.0. The van der Waals surface area contributed by atoms with Crippen molar-refractivity contribution in [3.05, 3.63) is 17.7 Å². The van der Waals surface area contributed by atoms with Crippen molar-refractivity contribution >= 4 is 5.91 Å². The van der Waals surface area contributed by atoms with E-state index in [9.17, 15) is 4.79 Å². The highest BCUT2D eigenvalue weighted by Gasteiger charge is 2.32. The van der Waals surface area contributed by atoms with Crippen LogP contribution in [0.25, 0.3) is 0 Å². The van der Waals surface area contributed by atoms with E-state index in [2.05, 4.69) is 6.92 Å². The lowest BCUT2D eigenvalue weighted by Crippen LogP contribution is -2.51. The summed E-state index contributed by atoms with van der Waals surface area (Å²) in [6.07, 6.45) is 2.11. The maximum atomic E-state index is 13.0. The predicted molar refractivity (Wildman–Crippen MR) is 86.3 cm³/mol. The van der Waals surface area contributed by atoms with Crippen LogP contribution in [-0.4, -0.2) is 50.3 Å². The number of nitrogens with two attached hydrogens (primary N) is 1. The van der Waals surface area contributed by atoms with Crippen LogP contribution in [0.3, 0.4) is 0 Å². The van der Waals surface area contributed by atoms with E-state index in [1.54, 1.807) is 19.2 Å². The molecule has 1 amide bonds. The third-order valence-electron chi connectivity index (χ3n) is 4.69. The Morgan fingerprint density at radius 2 is 2.17 bits per heavy atom. The molecule has 0 bridgehead atoms. The second-order valence-electron chi connectivity index (χ2n) is 6.12. The third-order valence-corrected chi connectivity index (χ3v) is 4.69. The molecule has 2 atom stereocenters. The molecule has 0 spiro atoms. The molecular weight excluding hydrogens is 296 g/mol. The topological polar surface area (TPSA) is 74.0 Å². The molecule has 0 aromatic heterocycles. The highest BCUT2D eigenvalue weighted by Crippen LogP contribution is 2.41. The summed E-state index contributed by atoms with van der Waals surface area (Å²) >= 11 is 0. The van der Waals surface area contributed by atoms with E-state index in [0.717, 1.165) is 19.4 Å². The third kappa shape index (κ3) is 2.95. The fraction of sp³-hybridized carbons (Fsp3) is 0.588. The van der Waals surface area contributed by atoms with Crippen LogP contribution in [0.15, 0.2) is 12.1 Å². The molecule has 0 radical (unpaired) electrons. The summed E-state index contributed by atoms with van der Waals surface area (Å²) in [5.41, 5.74) is 6.46. The van der Waals surface area contributed by atoms with Gasteiger partial charge in [0.2, 0.25) is 5.75 Å². The average Bonchev–Trinajstić information content (AvgIpc) is 2.59. The lowest BCUT2D eigenvalue weighted by atomic mass is 9.90. The largest absolute Gasteiger partial charge is 0.493 e. The highest BCUT2D eigenvalue weighted by atomic mass is 16.6. The van der Waals surface area contributed by atoms with E-state index < -0.39 is 0 Å². The smallest absolute Gasteiger partial charge is 0.254 e. The molecule has 23 heavy (non-hydrogen) atoms. The van der Waals surface area contributed by atoms with Gasteiger partial charge in [0.1, 0.15) is 13.2 Å². The van der Waals surface area contributed by atoms with Gasteiger partial charge in [-0.25, -0.2) is 0 Å². The normalized spacial score (nSPS) is 23.5. The molecule has 0 aliphatic carbocycles. The van der Waals surface area contributed by atoms with Crippen molar-refractivity contribution in [2.45, 2.75) is 25.8 Å². The quantitative estimate of drug-likeness (QED) is 0.917. The second-order valence-corrected chi connectivity index (χ2v) is 6.12. The van der Waals surface area contributed by atoms with Gasteiger partial charge < -0.3 is 24.8 Å². The molecule has 1 aromatic rings. The minimum atomic E-state index is -0.0257. The summed E-state index contributed by atoms with van der Waals surface area (Å²) in [5.74, 6) is 2.05. The van der Waals surface area contributed by atoms with Gasteiger partial charge in [-0.2, -0.15) is 0 Å². The van der Waals surface area contributed by atoms with Gasteiger partial charge in [0.05, 0.1) is 7.11 Å². The first-order valence-electron chi connectivity index (χ1n) is 8.14. The Kier molecular flexibility index (Phi) is 4.61. The lowest BCUT2D eigenvalue weighted by Gasteiger charge is -2.39. The first kappa shape index (κ1) is 15.9. The van der Waals surface area contributed by atoms with Gasteiger partial charge in [-0.3, -0.25) is 4.79 Å². The zero-order valence-electron chi connectivity index (χ0n) is 13.7. The molecule has 2 heterocycles. The molecule has 2 aliphatic rings. The van der Waals surface area contributed by atoms with Crippen LogP contribution >= 0.6 is 0 Å². The zero-order valence-corrected chi connectivity index (χ0v) is 13.7. The van der Waals surface area contributed by atoms with Gasteiger partial charge in [0.15, 0.2) is 11.5 Å². The van der Waals surface area contributed by atoms with Crippen LogP contribution in [-0.2, 0) is 0 Å². The van der Waals surface area contributed by atoms with Crippen LogP contribution in [0.5, 0.6) is 17.2 Å². The average molecular weight is 320 g/mol. The molecule has 1 fully saturated rings. The Balaban J connectivity index is 1.92. The molecule has 126 valence electrons. The van der Waals surface area contributed by atoms with Gasteiger partial charge in [0, 0.05) is 24.7 Å². The van der Waals surface area contributed by atoms with E-state index in [4.69, 9.17) is 19.9 Å². The number of likely N-dealkylation sites (tertiary alicyclic amines) is 1. The fourth-order valence-electron chi connectivity index (χ4n) is 3.42. The molecule has 0 unspecified atom stereocenters. The van der Waals surface area contributed by atoms with Gasteiger partial charge in [0.25, 0.3) is 5.91 Å². The van der Waals surface area contributed by atoms with Gasteiger partial charge in [-0.1, -0.05) is 6.92 Å². The number of nitrogens with zero attached hydrogens (tertiary/aromatic N) is 1. The van der Waals surface area contributed by atoms with Crippen molar-refractivity contribution in [1.82, 2.24) is 4.90 Å². The maximum Gasteiger partial charge on any atom is 0.254 e. The van der Waals surface area contributed by atoms with E-state index in [1.165, 1.54) is 0 Å². The summed E-state index contributed by atoms with van der Waals surface area (Å²) in [7, 11) is 1.56. The number of rotatable bonds is 3. The van der Waals surface area contributed by atoms with Crippen molar-refractivity contribution in [1.29, 1.82) is 0 Å². The minimum Gasteiger partial charge on any atom is -0.493 e. The first-order chi connectivity index (χ1) is 11.2. The number of carbonyl (C=O) groups excluding carboxylic acids is 1. The van der Waals surface area contributed by atoms with E-state index >= 15 is 0 Å². The second kappa shape index (κ2) is 6.66. The molecule has 6 heteroatoms. The summed E-state index contributed by atoms with van der Waals surface area (Å²) in [5, 5.41) is 0. The highest BCUT2D eigenvalue weighted by molar-refractivity contribution is 5.96. The number of amides is 1. The molecule has 3 rings (SSSR count). The van der Waals surface area contributed by atoms with Crippen LogP contribution < -0.4 is 19.9 Å². The molecule has 6 nitrogen and oxygen atoms in total. The molecule has 2 N–H and O–H groups in total. The van der Waals surface area contributed by atoms with Crippen LogP contribution in [0.4, 0.5) is 0 Å². The first-order valence-corrected chi connectivity index (χ1v) is 8.14. The number of ether oxygens (including phenoxy) is 3. The predicted octanol–water partition coefficient (Wildman–Crippen LogP) is 1.67.